The molecule has 0 aliphatic carbocycles. The van der Waals surface area contributed by atoms with E-state index in [1.165, 1.54) is 0 Å². The van der Waals surface area contributed by atoms with Gasteiger partial charge in [0.25, 0.3) is 0 Å². The van der Waals surface area contributed by atoms with Gasteiger partial charge in [0.2, 0.25) is 0 Å². The molecule has 2 aromatic rings. The lowest BCUT2D eigenvalue weighted by Gasteiger charge is -2.24. The van der Waals surface area contributed by atoms with Crippen molar-refractivity contribution in [2.45, 2.75) is 19.1 Å². The van der Waals surface area contributed by atoms with Gasteiger partial charge in [-0.1, -0.05) is 54.6 Å². The molecule has 1 aliphatic heterocycles. The molecule has 0 fully saturated rings. The van der Waals surface area contributed by atoms with Crippen molar-refractivity contribution < 1.29 is 4.79 Å². The first-order valence-electron chi connectivity index (χ1n) is 7.68. The van der Waals surface area contributed by atoms with Crippen LogP contribution in [0.4, 0.5) is 16.2 Å². The molecule has 6 heteroatoms. The van der Waals surface area contributed by atoms with E-state index in [1.807, 2.05) is 37.3 Å². The minimum absolute atomic E-state index is 0.244. The molecule has 0 aromatic heterocycles. The van der Waals surface area contributed by atoms with Gasteiger partial charge in [0.05, 0.1) is 12.2 Å². The Morgan fingerprint density at radius 1 is 1.29 bits per heavy atom. The number of halogens is 1. The Morgan fingerprint density at radius 3 is 2.75 bits per heavy atom. The molecule has 2 aromatic carbocycles. The number of amides is 2. The number of aliphatic imine (C=N–C) groups is 1. The van der Waals surface area contributed by atoms with Crippen LogP contribution >= 0.6 is 23.4 Å². The molecule has 0 unspecified atom stereocenters. The summed E-state index contributed by atoms with van der Waals surface area (Å²) in [6.45, 7) is 4.80. The van der Waals surface area contributed by atoms with Gasteiger partial charge in [0.1, 0.15) is 0 Å². The Labute approximate surface area is 150 Å². The number of thioether (sulfide) groups is 1. The van der Waals surface area contributed by atoms with E-state index >= 15 is 0 Å². The third kappa shape index (κ3) is 3.74. The summed E-state index contributed by atoms with van der Waals surface area (Å²) in [6, 6.07) is 14.7. The molecular weight excluding hydrogens is 342 g/mol. The number of carbonyl (C=O) groups excluding carboxylic acids is 1. The summed E-state index contributed by atoms with van der Waals surface area (Å²) in [6.07, 6.45) is 0. The molecule has 1 N–H and O–H groups in total. The molecule has 0 radical (unpaired) electrons. The van der Waals surface area contributed by atoms with E-state index in [4.69, 9.17) is 11.6 Å². The molecule has 1 atom stereocenters. The van der Waals surface area contributed by atoms with Crippen molar-refractivity contribution in [1.82, 2.24) is 0 Å². The van der Waals surface area contributed by atoms with Crippen molar-refractivity contribution in [3.8, 4) is 0 Å². The van der Waals surface area contributed by atoms with Gasteiger partial charge < -0.3 is 5.32 Å². The highest BCUT2D eigenvalue weighted by Gasteiger charge is 2.28. The zero-order valence-corrected chi connectivity index (χ0v) is 15.1. The number of nitrogens with one attached hydrogen (secondary N) is 1. The minimum atomic E-state index is -0.244. The fourth-order valence-corrected chi connectivity index (χ4v) is 3.58. The number of amidine groups is 1. The van der Waals surface area contributed by atoms with E-state index in [0.29, 0.717) is 22.5 Å². The number of aryl methyl sites for hydroxylation is 1. The van der Waals surface area contributed by atoms with Gasteiger partial charge in [-0.05, 0) is 36.8 Å². The molecule has 4 nitrogen and oxygen atoms in total. The summed E-state index contributed by atoms with van der Waals surface area (Å²) in [5.41, 5.74) is 2.50. The molecule has 0 bridgehead atoms. The number of carbonyl (C=O) groups is 1. The molecule has 0 saturated carbocycles. The van der Waals surface area contributed by atoms with Crippen molar-refractivity contribution in [3.63, 3.8) is 0 Å². The number of nitrogens with zero attached hydrogens (tertiary/aromatic N) is 2. The second-order valence-corrected chi connectivity index (χ2v) is 7.46. The van der Waals surface area contributed by atoms with E-state index in [-0.39, 0.29) is 6.03 Å². The van der Waals surface area contributed by atoms with Gasteiger partial charge in [-0.3, -0.25) is 4.99 Å². The third-order valence-electron chi connectivity index (χ3n) is 3.62. The normalized spacial score (nSPS) is 16.6. The molecule has 124 valence electrons. The smallest absolute Gasteiger partial charge is 0.307 e. The Balaban J connectivity index is 1.92. The van der Waals surface area contributed by atoms with Crippen LogP contribution in [0.25, 0.3) is 0 Å². The summed E-state index contributed by atoms with van der Waals surface area (Å²) >= 11 is 7.61. The summed E-state index contributed by atoms with van der Waals surface area (Å²) in [7, 11) is 0. The van der Waals surface area contributed by atoms with Gasteiger partial charge in [0.15, 0.2) is 5.17 Å². The molecule has 24 heavy (non-hydrogen) atoms. The second-order valence-electron chi connectivity index (χ2n) is 5.61. The third-order valence-corrected chi connectivity index (χ3v) is 4.93. The largest absolute Gasteiger partial charge is 0.332 e. The molecule has 1 aliphatic rings. The second kappa shape index (κ2) is 7.28. The van der Waals surface area contributed by atoms with Crippen LogP contribution in [0, 0.1) is 6.92 Å². The maximum atomic E-state index is 12.9. The first-order chi connectivity index (χ1) is 11.5. The van der Waals surface area contributed by atoms with Gasteiger partial charge in [-0.2, -0.15) is 0 Å². The van der Waals surface area contributed by atoms with Crippen LogP contribution in [0.5, 0.6) is 0 Å². The molecule has 3 rings (SSSR count). The highest BCUT2D eigenvalue weighted by atomic mass is 35.5. The first-order valence-corrected chi connectivity index (χ1v) is 8.94. The SMILES string of the molecule is Cc1ccccc1N(C(=O)Nc1cccc(Cl)c1)C1=NC[C@@H](C)S1. The zero-order chi connectivity index (χ0) is 17.1. The number of rotatable bonds is 2. The van der Waals surface area contributed by atoms with E-state index in [0.717, 1.165) is 16.4 Å². The quantitative estimate of drug-likeness (QED) is 0.803. The fourth-order valence-electron chi connectivity index (χ4n) is 2.44. The zero-order valence-electron chi connectivity index (χ0n) is 13.5. The molecule has 1 heterocycles. The Bertz CT molecular complexity index is 793. The molecule has 2 amide bonds. The van der Waals surface area contributed by atoms with Crippen LogP contribution in [0.2, 0.25) is 5.02 Å². The molecule has 0 saturated heterocycles. The predicted molar refractivity (Wildman–Crippen MR) is 103 cm³/mol. The highest BCUT2D eigenvalue weighted by molar-refractivity contribution is 8.15. The van der Waals surface area contributed by atoms with Crippen LogP contribution < -0.4 is 10.2 Å². The highest BCUT2D eigenvalue weighted by Crippen LogP contribution is 2.30. The molecular formula is C18H18ClN3OS. The Hall–Kier alpha value is -1.98. The van der Waals surface area contributed by atoms with Gasteiger partial charge >= 0.3 is 6.03 Å². The number of urea groups is 1. The maximum Gasteiger partial charge on any atom is 0.332 e. The van der Waals surface area contributed by atoms with E-state index in [9.17, 15) is 4.79 Å². The number of benzene rings is 2. The average molecular weight is 360 g/mol. The van der Waals surface area contributed by atoms with Crippen LogP contribution in [0.15, 0.2) is 53.5 Å². The number of hydrogen-bond donors (Lipinski definition) is 1. The summed E-state index contributed by atoms with van der Waals surface area (Å²) in [5.74, 6) is 0. The van der Waals surface area contributed by atoms with Crippen molar-refractivity contribution in [2.24, 2.45) is 4.99 Å². The summed E-state index contributed by atoms with van der Waals surface area (Å²) in [5, 5.41) is 4.57. The van der Waals surface area contributed by atoms with Crippen molar-refractivity contribution in [3.05, 3.63) is 59.1 Å². The van der Waals surface area contributed by atoms with Crippen LogP contribution in [0.1, 0.15) is 12.5 Å². The van der Waals surface area contributed by atoms with E-state index in [2.05, 4.69) is 17.2 Å². The van der Waals surface area contributed by atoms with Crippen LogP contribution in [-0.2, 0) is 0 Å². The number of anilines is 2. The van der Waals surface area contributed by atoms with Gasteiger partial charge in [-0.25, -0.2) is 9.69 Å². The Morgan fingerprint density at radius 2 is 2.08 bits per heavy atom. The standard InChI is InChI=1S/C18H18ClN3OS/c1-12-6-3-4-9-16(12)22(18-20-11-13(2)24-18)17(23)21-15-8-5-7-14(19)10-15/h3-10,13H,11H2,1-2H3,(H,21,23)/t13-/m1/s1. The predicted octanol–water partition coefficient (Wildman–Crippen LogP) is 5.18. The van der Waals surface area contributed by atoms with Gasteiger partial charge in [0, 0.05) is 16.0 Å². The Kier molecular flexibility index (Phi) is 5.11. The van der Waals surface area contributed by atoms with Crippen LogP contribution in [0.3, 0.4) is 0 Å². The van der Waals surface area contributed by atoms with Crippen molar-refractivity contribution in [1.29, 1.82) is 0 Å². The van der Waals surface area contributed by atoms with Crippen molar-refractivity contribution in [2.75, 3.05) is 16.8 Å². The lowest BCUT2D eigenvalue weighted by molar-refractivity contribution is 0.259. The monoisotopic (exact) mass is 359 g/mol. The fraction of sp³-hybridized carbons (Fsp3) is 0.222. The van der Waals surface area contributed by atoms with Gasteiger partial charge in [-0.15, -0.1) is 0 Å². The van der Waals surface area contributed by atoms with E-state index < -0.39 is 0 Å². The lowest BCUT2D eigenvalue weighted by atomic mass is 10.2. The topological polar surface area (TPSA) is 44.7 Å². The molecule has 0 spiro atoms. The van der Waals surface area contributed by atoms with Crippen molar-refractivity contribution >= 4 is 45.9 Å². The minimum Gasteiger partial charge on any atom is -0.307 e. The summed E-state index contributed by atoms with van der Waals surface area (Å²) < 4.78 is 0. The number of hydrogen-bond acceptors (Lipinski definition) is 3. The maximum absolute atomic E-state index is 12.9. The lowest BCUT2D eigenvalue weighted by Crippen LogP contribution is -2.38. The summed E-state index contributed by atoms with van der Waals surface area (Å²) in [4.78, 5) is 19.1. The van der Waals surface area contributed by atoms with Crippen LogP contribution in [-0.4, -0.2) is 23.0 Å². The number of para-hydroxylation sites is 1. The van der Waals surface area contributed by atoms with E-state index in [1.54, 1.807) is 34.9 Å². The first kappa shape index (κ1) is 16.9. The average Bonchev–Trinajstić information content (AvgIpc) is 2.95.